The molecule has 0 atom stereocenters. The molecule has 1 aromatic rings. The van der Waals surface area contributed by atoms with Crippen LogP contribution < -0.4 is 0 Å². The highest BCUT2D eigenvalue weighted by Gasteiger charge is 2.51. The number of rotatable bonds is 4. The van der Waals surface area contributed by atoms with Crippen LogP contribution in [0.3, 0.4) is 0 Å². The lowest BCUT2D eigenvalue weighted by Gasteiger charge is -2.34. The van der Waals surface area contributed by atoms with E-state index < -0.39 is 0 Å². The van der Waals surface area contributed by atoms with Gasteiger partial charge in [0.1, 0.15) is 0 Å². The Labute approximate surface area is 163 Å². The molecule has 0 unspecified atom stereocenters. The lowest BCUT2D eigenvalue weighted by molar-refractivity contribution is 0.765. The maximum Gasteiger partial charge on any atom is 0.0715 e. The molecule has 0 nitrogen and oxygen atoms in total. The van der Waals surface area contributed by atoms with E-state index in [-0.39, 0.29) is 5.41 Å². The molecule has 0 aliphatic heterocycles. The minimum Gasteiger partial charge on any atom is -0.0991 e. The van der Waals surface area contributed by atoms with Gasteiger partial charge in [-0.05, 0) is 71.3 Å². The molecule has 0 bridgehead atoms. The number of fused-ring (bicyclic) bond motifs is 4. The Balaban J connectivity index is 2.13. The molecule has 0 heteroatoms. The van der Waals surface area contributed by atoms with Crippen molar-refractivity contribution in [1.82, 2.24) is 0 Å². The van der Waals surface area contributed by atoms with Gasteiger partial charge in [0.2, 0.25) is 0 Å². The van der Waals surface area contributed by atoms with Gasteiger partial charge in [0.15, 0.2) is 0 Å². The van der Waals surface area contributed by atoms with Crippen LogP contribution in [0.2, 0.25) is 0 Å². The summed E-state index contributed by atoms with van der Waals surface area (Å²) in [6, 6.07) is 8.96. The fourth-order valence-electron chi connectivity index (χ4n) is 5.03. The Morgan fingerprint density at radius 3 is 2.19 bits per heavy atom. The first-order chi connectivity index (χ1) is 13.2. The summed E-state index contributed by atoms with van der Waals surface area (Å²) in [6.45, 7) is 12.3. The van der Waals surface area contributed by atoms with Crippen LogP contribution in [0.25, 0.3) is 5.57 Å². The predicted octanol–water partition coefficient (Wildman–Crippen LogP) is 7.17. The van der Waals surface area contributed by atoms with Crippen LogP contribution in [0.1, 0.15) is 37.8 Å². The Morgan fingerprint density at radius 1 is 0.926 bits per heavy atom. The van der Waals surface area contributed by atoms with Crippen LogP contribution in [0.15, 0.2) is 114 Å². The molecule has 1 spiro atoms. The van der Waals surface area contributed by atoms with Crippen molar-refractivity contribution in [3.63, 3.8) is 0 Å². The second kappa shape index (κ2) is 6.70. The Hall–Kier alpha value is -2.86. The SMILES string of the molecule is C=C/C=C\C1=C(C)C(C)=C(/C=C\C=C)C12C1=C(CCC=C1)c1ccccc12. The Kier molecular flexibility index (Phi) is 4.36. The summed E-state index contributed by atoms with van der Waals surface area (Å²) in [5.74, 6) is 0. The molecule has 0 N–H and O–H groups in total. The molecule has 1 aromatic carbocycles. The van der Waals surface area contributed by atoms with E-state index in [2.05, 4.69) is 87.7 Å². The van der Waals surface area contributed by atoms with Crippen molar-refractivity contribution in [2.24, 2.45) is 0 Å². The lowest BCUT2D eigenvalue weighted by Crippen LogP contribution is -2.28. The fourth-order valence-corrected chi connectivity index (χ4v) is 5.03. The molecule has 0 fully saturated rings. The summed E-state index contributed by atoms with van der Waals surface area (Å²) in [4.78, 5) is 0. The third kappa shape index (κ3) is 2.29. The molecule has 0 aromatic heterocycles. The number of allylic oxidation sites excluding steroid dienone is 14. The van der Waals surface area contributed by atoms with Crippen molar-refractivity contribution in [2.45, 2.75) is 32.1 Å². The van der Waals surface area contributed by atoms with Gasteiger partial charge in [0, 0.05) is 0 Å². The highest BCUT2D eigenvalue weighted by molar-refractivity contribution is 5.91. The summed E-state index contributed by atoms with van der Waals surface area (Å²) >= 11 is 0. The first-order valence-corrected chi connectivity index (χ1v) is 9.69. The van der Waals surface area contributed by atoms with Crippen LogP contribution in [-0.2, 0) is 5.41 Å². The Bertz CT molecular complexity index is 972. The number of benzene rings is 1. The zero-order chi connectivity index (χ0) is 19.0. The van der Waals surface area contributed by atoms with Gasteiger partial charge in [-0.25, -0.2) is 0 Å². The van der Waals surface area contributed by atoms with Gasteiger partial charge in [0.25, 0.3) is 0 Å². The van der Waals surface area contributed by atoms with Gasteiger partial charge in [-0.3, -0.25) is 0 Å². The quantitative estimate of drug-likeness (QED) is 0.505. The summed E-state index contributed by atoms with van der Waals surface area (Å²) in [7, 11) is 0. The van der Waals surface area contributed by atoms with Crippen LogP contribution in [0.5, 0.6) is 0 Å². The van der Waals surface area contributed by atoms with Crippen molar-refractivity contribution in [3.8, 4) is 0 Å². The molecule has 0 amide bonds. The van der Waals surface area contributed by atoms with Crippen LogP contribution >= 0.6 is 0 Å². The standard InChI is InChI=1S/C27H26/c1-5-7-15-23-19(3)20(4)24(16-8-6-2)27(23)25-17-11-9-13-21(25)22-14-10-12-18-26(22)27/h5-9,11-13,15-18H,1-2,10,14H2,3-4H3/b15-7-,16-8-. The topological polar surface area (TPSA) is 0 Å². The van der Waals surface area contributed by atoms with Gasteiger partial charge in [-0.15, -0.1) is 0 Å². The minimum absolute atomic E-state index is 0.226. The fraction of sp³-hybridized carbons (Fsp3) is 0.185. The predicted molar refractivity (Wildman–Crippen MR) is 117 cm³/mol. The van der Waals surface area contributed by atoms with Crippen molar-refractivity contribution >= 4 is 5.57 Å². The van der Waals surface area contributed by atoms with Gasteiger partial charge >= 0.3 is 0 Å². The molecular formula is C27H26. The third-order valence-corrected chi connectivity index (χ3v) is 6.21. The summed E-state index contributed by atoms with van der Waals surface area (Å²) in [5, 5.41) is 0. The normalized spacial score (nSPS) is 20.4. The smallest absolute Gasteiger partial charge is 0.0715 e. The summed E-state index contributed by atoms with van der Waals surface area (Å²) in [6.07, 6.45) is 19.3. The molecule has 0 saturated carbocycles. The van der Waals surface area contributed by atoms with Crippen LogP contribution in [0, 0.1) is 0 Å². The van der Waals surface area contributed by atoms with Crippen molar-refractivity contribution in [3.05, 3.63) is 125 Å². The van der Waals surface area contributed by atoms with Gasteiger partial charge in [-0.2, -0.15) is 0 Å². The second-order valence-electron chi connectivity index (χ2n) is 7.40. The largest absolute Gasteiger partial charge is 0.0991 e. The maximum atomic E-state index is 3.90. The zero-order valence-corrected chi connectivity index (χ0v) is 16.3. The molecule has 0 radical (unpaired) electrons. The zero-order valence-electron chi connectivity index (χ0n) is 16.3. The Morgan fingerprint density at radius 2 is 1.56 bits per heavy atom. The van der Waals surface area contributed by atoms with E-state index in [0.29, 0.717) is 0 Å². The van der Waals surface area contributed by atoms with Gasteiger partial charge < -0.3 is 0 Å². The van der Waals surface area contributed by atoms with Gasteiger partial charge in [0.05, 0.1) is 5.41 Å². The average Bonchev–Trinajstić information content (AvgIpc) is 3.11. The lowest BCUT2D eigenvalue weighted by atomic mass is 9.67. The van der Waals surface area contributed by atoms with E-state index >= 15 is 0 Å². The molecule has 4 rings (SSSR count). The first-order valence-electron chi connectivity index (χ1n) is 9.69. The van der Waals surface area contributed by atoms with E-state index in [1.165, 1.54) is 44.6 Å². The monoisotopic (exact) mass is 350 g/mol. The van der Waals surface area contributed by atoms with Crippen LogP contribution in [0.4, 0.5) is 0 Å². The van der Waals surface area contributed by atoms with E-state index in [9.17, 15) is 0 Å². The summed E-state index contributed by atoms with van der Waals surface area (Å²) < 4.78 is 0. The molecule has 0 heterocycles. The van der Waals surface area contributed by atoms with E-state index in [1.54, 1.807) is 0 Å². The van der Waals surface area contributed by atoms with Crippen molar-refractivity contribution < 1.29 is 0 Å². The number of hydrogen-bond donors (Lipinski definition) is 0. The number of hydrogen-bond acceptors (Lipinski definition) is 0. The molecule has 27 heavy (non-hydrogen) atoms. The van der Waals surface area contributed by atoms with Crippen molar-refractivity contribution in [1.29, 1.82) is 0 Å². The molecule has 134 valence electrons. The van der Waals surface area contributed by atoms with E-state index in [0.717, 1.165) is 12.8 Å². The molecule has 3 aliphatic carbocycles. The average molecular weight is 351 g/mol. The van der Waals surface area contributed by atoms with E-state index in [4.69, 9.17) is 0 Å². The minimum atomic E-state index is -0.226. The highest BCUT2D eigenvalue weighted by Crippen LogP contribution is 2.62. The van der Waals surface area contributed by atoms with Crippen molar-refractivity contribution in [2.75, 3.05) is 0 Å². The summed E-state index contributed by atoms with van der Waals surface area (Å²) in [5.41, 5.74) is 11.0. The maximum absolute atomic E-state index is 3.90. The first kappa shape index (κ1) is 17.5. The molecule has 3 aliphatic rings. The van der Waals surface area contributed by atoms with Gasteiger partial charge in [-0.1, -0.05) is 86.0 Å². The molecular weight excluding hydrogens is 324 g/mol. The van der Waals surface area contributed by atoms with E-state index in [1.807, 2.05) is 12.2 Å². The molecule has 0 saturated heterocycles. The van der Waals surface area contributed by atoms with Crippen LogP contribution in [-0.4, -0.2) is 0 Å². The third-order valence-electron chi connectivity index (χ3n) is 6.21. The second-order valence-corrected chi connectivity index (χ2v) is 7.40. The highest BCUT2D eigenvalue weighted by atomic mass is 14.5.